The van der Waals surface area contributed by atoms with Gasteiger partial charge in [-0.3, -0.25) is 4.79 Å². The van der Waals surface area contributed by atoms with Crippen molar-refractivity contribution in [3.8, 4) is 5.75 Å². The zero-order valence-electron chi connectivity index (χ0n) is 15.8. The minimum atomic E-state index is -0.200. The van der Waals surface area contributed by atoms with Gasteiger partial charge in [-0.25, -0.2) is 4.98 Å². The number of hydrogen-bond donors (Lipinski definition) is 2. The molecule has 1 aliphatic rings. The summed E-state index contributed by atoms with van der Waals surface area (Å²) in [6.45, 7) is 3.33. The Labute approximate surface area is 160 Å². The summed E-state index contributed by atoms with van der Waals surface area (Å²) in [5.41, 5.74) is 2.71. The van der Waals surface area contributed by atoms with E-state index in [2.05, 4.69) is 21.7 Å². The number of pyridine rings is 1. The SMILES string of the molecule is CCOc1ccccc1NC(=O)c1ccc(NCCC2=CCCCC2)nc1. The highest BCUT2D eigenvalue weighted by atomic mass is 16.5. The lowest BCUT2D eigenvalue weighted by Gasteiger charge is -2.13. The molecule has 5 heteroatoms. The third-order valence-electron chi connectivity index (χ3n) is 4.60. The Morgan fingerprint density at radius 2 is 2.07 bits per heavy atom. The highest BCUT2D eigenvalue weighted by molar-refractivity contribution is 6.04. The number of anilines is 2. The van der Waals surface area contributed by atoms with Crippen molar-refractivity contribution in [1.29, 1.82) is 0 Å². The first-order valence-corrected chi connectivity index (χ1v) is 9.67. The Morgan fingerprint density at radius 1 is 1.19 bits per heavy atom. The first kappa shape index (κ1) is 19.0. The second-order valence-electron chi connectivity index (χ2n) is 6.60. The highest BCUT2D eigenvalue weighted by Gasteiger charge is 2.10. The number of rotatable bonds is 8. The normalized spacial score (nSPS) is 13.6. The van der Waals surface area contributed by atoms with Gasteiger partial charge in [-0.15, -0.1) is 0 Å². The van der Waals surface area contributed by atoms with E-state index in [4.69, 9.17) is 4.74 Å². The number of carbonyl (C=O) groups excluding carboxylic acids is 1. The van der Waals surface area contributed by atoms with Gasteiger partial charge in [0.05, 0.1) is 17.9 Å². The van der Waals surface area contributed by atoms with Gasteiger partial charge in [0.15, 0.2) is 0 Å². The number of carbonyl (C=O) groups is 1. The lowest BCUT2D eigenvalue weighted by atomic mass is 9.97. The molecule has 1 heterocycles. The van der Waals surface area contributed by atoms with E-state index in [1.807, 2.05) is 37.3 Å². The maximum atomic E-state index is 12.5. The zero-order chi connectivity index (χ0) is 18.9. The van der Waals surface area contributed by atoms with Crippen LogP contribution in [0, 0.1) is 0 Å². The van der Waals surface area contributed by atoms with Gasteiger partial charge >= 0.3 is 0 Å². The minimum Gasteiger partial charge on any atom is -0.492 e. The summed E-state index contributed by atoms with van der Waals surface area (Å²) < 4.78 is 5.54. The predicted molar refractivity (Wildman–Crippen MR) is 109 cm³/mol. The molecule has 0 fully saturated rings. The Morgan fingerprint density at radius 3 is 2.81 bits per heavy atom. The lowest BCUT2D eigenvalue weighted by Crippen LogP contribution is -2.13. The number of ether oxygens (including phenoxy) is 1. The van der Waals surface area contributed by atoms with E-state index in [0.717, 1.165) is 18.8 Å². The molecule has 5 nitrogen and oxygen atoms in total. The molecule has 27 heavy (non-hydrogen) atoms. The second kappa shape index (κ2) is 9.76. The summed E-state index contributed by atoms with van der Waals surface area (Å²) in [4.78, 5) is 16.8. The summed E-state index contributed by atoms with van der Waals surface area (Å²) in [5, 5.41) is 6.22. The summed E-state index contributed by atoms with van der Waals surface area (Å²) in [7, 11) is 0. The van der Waals surface area contributed by atoms with E-state index in [1.54, 1.807) is 12.3 Å². The molecule has 0 unspecified atom stereocenters. The third kappa shape index (κ3) is 5.58. The zero-order valence-corrected chi connectivity index (χ0v) is 15.8. The van der Waals surface area contributed by atoms with Gasteiger partial charge in [0.2, 0.25) is 0 Å². The number of allylic oxidation sites excluding steroid dienone is 1. The van der Waals surface area contributed by atoms with Crippen molar-refractivity contribution >= 4 is 17.4 Å². The van der Waals surface area contributed by atoms with E-state index in [9.17, 15) is 4.79 Å². The maximum Gasteiger partial charge on any atom is 0.257 e. The fourth-order valence-corrected chi connectivity index (χ4v) is 3.16. The first-order chi connectivity index (χ1) is 13.3. The topological polar surface area (TPSA) is 63.2 Å². The number of benzene rings is 1. The van der Waals surface area contributed by atoms with E-state index in [-0.39, 0.29) is 5.91 Å². The van der Waals surface area contributed by atoms with Gasteiger partial charge < -0.3 is 15.4 Å². The van der Waals surface area contributed by atoms with Crippen LogP contribution in [-0.4, -0.2) is 24.0 Å². The summed E-state index contributed by atoms with van der Waals surface area (Å²) in [6.07, 6.45) is 10.1. The average Bonchev–Trinajstić information content (AvgIpc) is 2.71. The van der Waals surface area contributed by atoms with Crippen molar-refractivity contribution in [2.24, 2.45) is 0 Å². The Kier molecular flexibility index (Phi) is 6.85. The van der Waals surface area contributed by atoms with Crippen LogP contribution in [0.5, 0.6) is 5.75 Å². The van der Waals surface area contributed by atoms with E-state index >= 15 is 0 Å². The quantitative estimate of drug-likeness (QED) is 0.644. The van der Waals surface area contributed by atoms with Crippen molar-refractivity contribution in [2.75, 3.05) is 23.8 Å². The Hall–Kier alpha value is -2.82. The van der Waals surface area contributed by atoms with Crippen LogP contribution in [-0.2, 0) is 0 Å². The monoisotopic (exact) mass is 365 g/mol. The van der Waals surface area contributed by atoms with Crippen molar-refractivity contribution in [3.63, 3.8) is 0 Å². The molecule has 142 valence electrons. The molecule has 0 spiro atoms. The number of hydrogen-bond acceptors (Lipinski definition) is 4. The van der Waals surface area contributed by atoms with E-state index in [1.165, 1.54) is 31.3 Å². The molecule has 1 aromatic heterocycles. The minimum absolute atomic E-state index is 0.200. The van der Waals surface area contributed by atoms with Crippen molar-refractivity contribution < 1.29 is 9.53 Å². The van der Waals surface area contributed by atoms with Crippen LogP contribution in [0.15, 0.2) is 54.2 Å². The van der Waals surface area contributed by atoms with Gasteiger partial charge in [-0.1, -0.05) is 23.8 Å². The van der Waals surface area contributed by atoms with Crippen molar-refractivity contribution in [2.45, 2.75) is 39.0 Å². The molecular weight excluding hydrogens is 338 g/mol. The van der Waals surface area contributed by atoms with Gasteiger partial charge in [-0.2, -0.15) is 0 Å². The fraction of sp³-hybridized carbons (Fsp3) is 0.364. The molecule has 2 N–H and O–H groups in total. The standard InChI is InChI=1S/C22H27N3O2/c1-2-27-20-11-7-6-10-19(20)25-22(26)18-12-13-21(24-16-18)23-15-14-17-8-4-3-5-9-17/h6-8,10-13,16H,2-5,9,14-15H2,1H3,(H,23,24)(H,25,26). The molecule has 1 aliphatic carbocycles. The first-order valence-electron chi connectivity index (χ1n) is 9.67. The van der Waals surface area contributed by atoms with Crippen LogP contribution < -0.4 is 15.4 Å². The molecule has 0 bridgehead atoms. The summed E-state index contributed by atoms with van der Waals surface area (Å²) >= 11 is 0. The summed E-state index contributed by atoms with van der Waals surface area (Å²) in [6, 6.07) is 11.0. The highest BCUT2D eigenvalue weighted by Crippen LogP contribution is 2.24. The summed E-state index contributed by atoms with van der Waals surface area (Å²) in [5.74, 6) is 1.25. The predicted octanol–water partition coefficient (Wildman–Crippen LogP) is 5.04. The lowest BCUT2D eigenvalue weighted by molar-refractivity contribution is 0.102. The largest absolute Gasteiger partial charge is 0.492 e. The molecule has 1 amide bonds. The van der Waals surface area contributed by atoms with Gasteiger partial charge in [0, 0.05) is 12.7 Å². The molecule has 2 aromatic rings. The molecule has 3 rings (SSSR count). The molecule has 0 atom stereocenters. The molecular formula is C22H27N3O2. The van der Waals surface area contributed by atoms with E-state index < -0.39 is 0 Å². The van der Waals surface area contributed by atoms with Gasteiger partial charge in [0.25, 0.3) is 5.91 Å². The number of aromatic nitrogens is 1. The average molecular weight is 365 g/mol. The van der Waals surface area contributed by atoms with E-state index in [0.29, 0.717) is 23.6 Å². The fourth-order valence-electron chi connectivity index (χ4n) is 3.16. The van der Waals surface area contributed by atoms with Crippen LogP contribution in [0.2, 0.25) is 0 Å². The van der Waals surface area contributed by atoms with Gasteiger partial charge in [0.1, 0.15) is 11.6 Å². The second-order valence-corrected chi connectivity index (χ2v) is 6.60. The number of amides is 1. The maximum absolute atomic E-state index is 12.5. The molecule has 0 aliphatic heterocycles. The number of nitrogens with one attached hydrogen (secondary N) is 2. The van der Waals surface area contributed by atoms with Crippen LogP contribution in [0.1, 0.15) is 49.4 Å². The Bertz CT molecular complexity index is 784. The molecule has 0 radical (unpaired) electrons. The van der Waals surface area contributed by atoms with Gasteiger partial charge in [-0.05, 0) is 63.3 Å². The van der Waals surface area contributed by atoms with Crippen LogP contribution in [0.3, 0.4) is 0 Å². The molecule has 0 saturated carbocycles. The number of para-hydroxylation sites is 2. The Balaban J connectivity index is 1.53. The molecule has 1 aromatic carbocycles. The van der Waals surface area contributed by atoms with Crippen molar-refractivity contribution in [1.82, 2.24) is 4.98 Å². The molecule has 0 saturated heterocycles. The van der Waals surface area contributed by atoms with Crippen LogP contribution in [0.4, 0.5) is 11.5 Å². The van der Waals surface area contributed by atoms with Crippen LogP contribution in [0.25, 0.3) is 0 Å². The third-order valence-corrected chi connectivity index (χ3v) is 4.60. The van der Waals surface area contributed by atoms with Crippen LogP contribution >= 0.6 is 0 Å². The van der Waals surface area contributed by atoms with Crippen molar-refractivity contribution in [3.05, 3.63) is 59.8 Å². The smallest absolute Gasteiger partial charge is 0.257 e. The number of nitrogens with zero attached hydrogens (tertiary/aromatic N) is 1.